The van der Waals surface area contributed by atoms with Gasteiger partial charge in [-0.15, -0.1) is 0 Å². The van der Waals surface area contributed by atoms with Crippen molar-refractivity contribution >= 4 is 28.0 Å². The van der Waals surface area contributed by atoms with E-state index >= 15 is 0 Å². The molecule has 0 N–H and O–H groups in total. The maximum atomic E-state index is 12.8. The maximum absolute atomic E-state index is 12.8. The molecule has 35 heavy (non-hydrogen) atoms. The van der Waals surface area contributed by atoms with Crippen LogP contribution < -0.4 is 29.6 Å². The fourth-order valence-corrected chi connectivity index (χ4v) is 3.53. The molecule has 200 valence electrons. The monoisotopic (exact) mass is 530 g/mol. The van der Waals surface area contributed by atoms with Crippen LogP contribution in [0.25, 0.3) is 0 Å². The Kier molecular flexibility index (Phi) is 15.5. The van der Waals surface area contributed by atoms with E-state index in [1.807, 2.05) is 62.3 Å². The molecule has 0 saturated carbocycles. The van der Waals surface area contributed by atoms with Gasteiger partial charge in [-0.3, -0.25) is 14.4 Å². The van der Waals surface area contributed by atoms with Gasteiger partial charge in [0.25, 0.3) is 0 Å². The maximum Gasteiger partial charge on any atom is 1.00 e. The summed E-state index contributed by atoms with van der Waals surface area (Å²) in [7, 11) is -5.35. The Bertz CT molecular complexity index is 787. The van der Waals surface area contributed by atoms with Gasteiger partial charge in [0.1, 0.15) is 10.1 Å². The molecular weight excluding hydrogens is 487 g/mol. The Labute approximate surface area is 233 Å². The summed E-state index contributed by atoms with van der Waals surface area (Å²) in [6.45, 7) is 17.1. The fraction of sp³-hybridized carbons (Fsp3) is 0.875. The van der Waals surface area contributed by atoms with Crippen molar-refractivity contribution in [2.75, 3.05) is 19.8 Å². The summed E-state index contributed by atoms with van der Waals surface area (Å²) < 4.78 is 51.4. The van der Waals surface area contributed by atoms with E-state index in [-0.39, 0.29) is 65.6 Å². The van der Waals surface area contributed by atoms with Gasteiger partial charge >= 0.3 is 47.5 Å². The van der Waals surface area contributed by atoms with Crippen LogP contribution in [0.2, 0.25) is 0 Å². The van der Waals surface area contributed by atoms with E-state index in [1.54, 1.807) is 0 Å². The van der Waals surface area contributed by atoms with Crippen molar-refractivity contribution in [2.45, 2.75) is 93.2 Å². The van der Waals surface area contributed by atoms with Crippen molar-refractivity contribution in [3.63, 3.8) is 0 Å². The van der Waals surface area contributed by atoms with Crippen LogP contribution in [0.1, 0.15) is 88.0 Å². The number of esters is 3. The second-order valence-electron chi connectivity index (χ2n) is 12.2. The van der Waals surface area contributed by atoms with Crippen molar-refractivity contribution in [1.82, 2.24) is 0 Å². The van der Waals surface area contributed by atoms with Crippen LogP contribution >= 0.6 is 0 Å². The molecule has 0 aromatic rings. The summed E-state index contributed by atoms with van der Waals surface area (Å²) in [6, 6.07) is 0. The van der Waals surface area contributed by atoms with Crippen molar-refractivity contribution < 1.29 is 71.1 Å². The molecule has 11 heteroatoms. The van der Waals surface area contributed by atoms with Gasteiger partial charge in [-0.1, -0.05) is 62.3 Å². The Balaban J connectivity index is 0. The van der Waals surface area contributed by atoms with Crippen molar-refractivity contribution in [3.05, 3.63) is 0 Å². The summed E-state index contributed by atoms with van der Waals surface area (Å²) in [6.07, 6.45) is 0.586. The van der Waals surface area contributed by atoms with E-state index in [4.69, 9.17) is 14.2 Å². The molecule has 0 amide bonds. The van der Waals surface area contributed by atoms with Gasteiger partial charge in [0.15, 0.2) is 5.25 Å². The SMILES string of the molecule is CC(C)(C)CCOC(=O)CC(C(=O)OCCC(C)(C)C)C(C(=O)OCCC(C)(C)C)S(=O)(=O)[O-].[Na+]. The van der Waals surface area contributed by atoms with Gasteiger partial charge < -0.3 is 18.8 Å². The molecule has 0 heterocycles. The van der Waals surface area contributed by atoms with Gasteiger partial charge in [0.05, 0.1) is 32.2 Å². The number of hydrogen-bond donors (Lipinski definition) is 0. The van der Waals surface area contributed by atoms with Crippen molar-refractivity contribution in [2.24, 2.45) is 22.2 Å². The molecule has 9 nitrogen and oxygen atoms in total. The zero-order chi connectivity index (χ0) is 27.0. The zero-order valence-corrected chi connectivity index (χ0v) is 26.0. The van der Waals surface area contributed by atoms with Crippen LogP contribution in [0.5, 0.6) is 0 Å². The third kappa shape index (κ3) is 18.2. The predicted octanol–water partition coefficient (Wildman–Crippen LogP) is 0.849. The van der Waals surface area contributed by atoms with E-state index < -0.39 is 45.6 Å². The molecule has 0 saturated heterocycles. The third-order valence-electron chi connectivity index (χ3n) is 4.91. The second-order valence-corrected chi connectivity index (χ2v) is 13.7. The normalized spacial score (nSPS) is 14.3. The molecule has 0 rings (SSSR count). The van der Waals surface area contributed by atoms with Crippen molar-refractivity contribution in [1.29, 1.82) is 0 Å². The molecule has 0 spiro atoms. The van der Waals surface area contributed by atoms with Gasteiger partial charge in [-0.05, 0) is 35.5 Å². The molecule has 0 aromatic carbocycles. The Morgan fingerprint density at radius 2 is 1.03 bits per heavy atom. The summed E-state index contributed by atoms with van der Waals surface area (Å²) in [5.41, 5.74) is -0.519. The van der Waals surface area contributed by atoms with Crippen LogP contribution in [-0.2, 0) is 38.7 Å². The van der Waals surface area contributed by atoms with Gasteiger partial charge in [0.2, 0.25) is 0 Å². The molecule has 0 fully saturated rings. The van der Waals surface area contributed by atoms with Crippen LogP contribution in [0, 0.1) is 22.2 Å². The number of carbonyl (C=O) groups excluding carboxylic acids is 3. The average molecular weight is 531 g/mol. The molecule has 0 aliphatic carbocycles. The van der Waals surface area contributed by atoms with E-state index in [1.165, 1.54) is 0 Å². The summed E-state index contributed by atoms with van der Waals surface area (Å²) in [5.74, 6) is -5.28. The van der Waals surface area contributed by atoms with Crippen LogP contribution in [0.4, 0.5) is 0 Å². The first-order valence-corrected chi connectivity index (χ1v) is 13.0. The Morgan fingerprint density at radius 3 is 1.37 bits per heavy atom. The molecule has 2 unspecified atom stereocenters. The van der Waals surface area contributed by atoms with Crippen LogP contribution in [0.15, 0.2) is 0 Å². The average Bonchev–Trinajstić information content (AvgIpc) is 2.56. The first-order valence-electron chi connectivity index (χ1n) is 11.6. The van der Waals surface area contributed by atoms with Gasteiger partial charge in [-0.25, -0.2) is 8.42 Å². The quantitative estimate of drug-likeness (QED) is 0.156. The molecule has 0 aliphatic rings. The number of carbonyl (C=O) groups is 3. The smallest absolute Gasteiger partial charge is 0.747 e. The van der Waals surface area contributed by atoms with E-state index in [0.717, 1.165) is 0 Å². The third-order valence-corrected chi connectivity index (χ3v) is 6.05. The molecule has 0 radical (unpaired) electrons. The number of ether oxygens (including phenoxy) is 3. The summed E-state index contributed by atoms with van der Waals surface area (Å²) >= 11 is 0. The van der Waals surface area contributed by atoms with Gasteiger partial charge in [-0.2, -0.15) is 0 Å². The topological polar surface area (TPSA) is 136 Å². The Hall–Kier alpha value is -0.680. The Morgan fingerprint density at radius 1 is 0.686 bits per heavy atom. The van der Waals surface area contributed by atoms with Crippen molar-refractivity contribution in [3.8, 4) is 0 Å². The first kappa shape index (κ1) is 36.5. The summed E-state index contributed by atoms with van der Waals surface area (Å²) in [5, 5.41) is -2.41. The summed E-state index contributed by atoms with van der Waals surface area (Å²) in [4.78, 5) is 37.8. The molecule has 0 bridgehead atoms. The number of hydrogen-bond acceptors (Lipinski definition) is 9. The fourth-order valence-electron chi connectivity index (χ4n) is 2.61. The molecular formula is C24H43NaO9S. The largest absolute Gasteiger partial charge is 1.00 e. The molecule has 0 aliphatic heterocycles. The standard InChI is InChI=1S/C24H44O9S.Na/c1-22(2,3)10-13-31-18(25)16-17(20(26)32-14-11-23(4,5)6)19(34(28,29)30)21(27)33-15-12-24(7,8)9;/h17,19H,10-16H2,1-9H3,(H,28,29,30);/q;+1/p-1. The van der Waals surface area contributed by atoms with Crippen LogP contribution in [-0.4, -0.2) is 55.9 Å². The molecule has 2 atom stereocenters. The van der Waals surface area contributed by atoms with E-state index in [2.05, 4.69) is 0 Å². The minimum atomic E-state index is -5.35. The van der Waals surface area contributed by atoms with E-state index in [9.17, 15) is 27.4 Å². The number of rotatable bonds is 12. The van der Waals surface area contributed by atoms with Crippen LogP contribution in [0.3, 0.4) is 0 Å². The zero-order valence-electron chi connectivity index (χ0n) is 23.2. The first-order chi connectivity index (χ1) is 15.1. The van der Waals surface area contributed by atoms with Gasteiger partial charge in [0, 0.05) is 0 Å². The minimum Gasteiger partial charge on any atom is -0.747 e. The van der Waals surface area contributed by atoms with E-state index in [0.29, 0.717) is 19.3 Å². The predicted molar refractivity (Wildman–Crippen MR) is 127 cm³/mol. The molecule has 0 aromatic heterocycles. The minimum absolute atomic E-state index is 0. The second kappa shape index (κ2) is 14.9.